The van der Waals surface area contributed by atoms with Gasteiger partial charge in [-0.1, -0.05) is 13.0 Å². The summed E-state index contributed by atoms with van der Waals surface area (Å²) in [7, 11) is 0. The second kappa shape index (κ2) is 6.24. The van der Waals surface area contributed by atoms with Crippen LogP contribution in [0.3, 0.4) is 0 Å². The lowest BCUT2D eigenvalue weighted by atomic mass is 10.1. The SMILES string of the molecule is CCc1ccc2c(ccn2C(C)C(=O)Nc2ccc(F)cc2)c1. The average Bonchev–Trinajstić information content (AvgIpc) is 2.99. The Morgan fingerprint density at radius 1 is 1.17 bits per heavy atom. The smallest absolute Gasteiger partial charge is 0.247 e. The minimum Gasteiger partial charge on any atom is -0.335 e. The van der Waals surface area contributed by atoms with Crippen LogP contribution in [0.4, 0.5) is 10.1 Å². The average molecular weight is 310 g/mol. The van der Waals surface area contributed by atoms with Crippen molar-refractivity contribution >= 4 is 22.5 Å². The lowest BCUT2D eigenvalue weighted by Gasteiger charge is -2.15. The molecule has 1 amide bonds. The molecule has 3 aromatic rings. The highest BCUT2D eigenvalue weighted by Crippen LogP contribution is 2.23. The Balaban J connectivity index is 1.83. The maximum atomic E-state index is 12.9. The molecular formula is C19H19FN2O. The van der Waals surface area contributed by atoms with Gasteiger partial charge in [0.15, 0.2) is 0 Å². The number of carbonyl (C=O) groups is 1. The summed E-state index contributed by atoms with van der Waals surface area (Å²) in [6.07, 6.45) is 2.92. The first-order valence-electron chi connectivity index (χ1n) is 7.74. The molecule has 1 unspecified atom stereocenters. The van der Waals surface area contributed by atoms with Crippen molar-refractivity contribution in [1.29, 1.82) is 0 Å². The van der Waals surface area contributed by atoms with Crippen LogP contribution >= 0.6 is 0 Å². The molecule has 4 heteroatoms. The second-order valence-corrected chi connectivity index (χ2v) is 5.64. The first-order valence-corrected chi connectivity index (χ1v) is 7.74. The van der Waals surface area contributed by atoms with Gasteiger partial charge in [-0.25, -0.2) is 4.39 Å². The molecule has 1 N–H and O–H groups in total. The van der Waals surface area contributed by atoms with Gasteiger partial charge in [0.05, 0.1) is 0 Å². The number of aryl methyl sites for hydroxylation is 1. The minimum atomic E-state index is -0.356. The molecule has 0 saturated carbocycles. The fourth-order valence-electron chi connectivity index (χ4n) is 2.68. The van der Waals surface area contributed by atoms with E-state index in [2.05, 4.69) is 30.4 Å². The fourth-order valence-corrected chi connectivity index (χ4v) is 2.68. The maximum Gasteiger partial charge on any atom is 0.247 e. The first kappa shape index (κ1) is 15.3. The number of fused-ring (bicyclic) bond motifs is 1. The Morgan fingerprint density at radius 3 is 2.61 bits per heavy atom. The number of carbonyl (C=O) groups excluding carboxylic acids is 1. The van der Waals surface area contributed by atoms with E-state index >= 15 is 0 Å². The Kier molecular flexibility index (Phi) is 4.15. The number of aromatic nitrogens is 1. The summed E-state index contributed by atoms with van der Waals surface area (Å²) in [5.41, 5.74) is 2.90. The summed E-state index contributed by atoms with van der Waals surface area (Å²) in [5, 5.41) is 3.95. The van der Waals surface area contributed by atoms with Gasteiger partial charge in [-0.3, -0.25) is 4.79 Å². The Labute approximate surface area is 134 Å². The molecule has 1 aromatic heterocycles. The minimum absolute atomic E-state index is 0.131. The molecule has 0 spiro atoms. The molecule has 0 saturated heterocycles. The number of halogens is 1. The standard InChI is InChI=1S/C19H19FN2O/c1-3-14-4-9-18-15(12-14)10-11-22(18)13(2)19(23)21-17-7-5-16(20)6-8-17/h4-13H,3H2,1-2H3,(H,21,23). The number of nitrogens with one attached hydrogen (secondary N) is 1. The van der Waals surface area contributed by atoms with E-state index in [1.165, 1.54) is 17.7 Å². The number of hydrogen-bond acceptors (Lipinski definition) is 1. The Bertz CT molecular complexity index is 836. The van der Waals surface area contributed by atoms with Crippen LogP contribution in [0, 0.1) is 5.82 Å². The number of amides is 1. The quantitative estimate of drug-likeness (QED) is 0.754. The topological polar surface area (TPSA) is 34.0 Å². The molecule has 0 aliphatic heterocycles. The summed E-state index contributed by atoms with van der Waals surface area (Å²) >= 11 is 0. The van der Waals surface area contributed by atoms with Gasteiger partial charge in [-0.05, 0) is 66.8 Å². The predicted molar refractivity (Wildman–Crippen MR) is 91.1 cm³/mol. The number of rotatable bonds is 4. The lowest BCUT2D eigenvalue weighted by Crippen LogP contribution is -2.23. The summed E-state index contributed by atoms with van der Waals surface area (Å²) in [6, 6.07) is 13.7. The van der Waals surface area contributed by atoms with Crippen LogP contribution in [-0.2, 0) is 11.2 Å². The van der Waals surface area contributed by atoms with Crippen LogP contribution in [0.1, 0.15) is 25.5 Å². The number of hydrogen-bond donors (Lipinski definition) is 1. The Morgan fingerprint density at radius 2 is 1.91 bits per heavy atom. The highest BCUT2D eigenvalue weighted by Gasteiger charge is 2.16. The van der Waals surface area contributed by atoms with Crippen molar-refractivity contribution in [3.8, 4) is 0 Å². The monoisotopic (exact) mass is 310 g/mol. The highest BCUT2D eigenvalue weighted by molar-refractivity contribution is 5.95. The predicted octanol–water partition coefficient (Wildman–Crippen LogP) is 4.54. The van der Waals surface area contributed by atoms with Crippen molar-refractivity contribution < 1.29 is 9.18 Å². The molecule has 1 atom stereocenters. The van der Waals surface area contributed by atoms with Crippen LogP contribution in [0.5, 0.6) is 0 Å². The Hall–Kier alpha value is -2.62. The molecule has 1 heterocycles. The molecule has 0 radical (unpaired) electrons. The third-order valence-corrected chi connectivity index (χ3v) is 4.10. The van der Waals surface area contributed by atoms with Crippen LogP contribution < -0.4 is 5.32 Å². The first-order chi connectivity index (χ1) is 11.1. The number of benzene rings is 2. The largest absolute Gasteiger partial charge is 0.335 e. The van der Waals surface area contributed by atoms with E-state index in [1.54, 1.807) is 12.1 Å². The van der Waals surface area contributed by atoms with Gasteiger partial charge >= 0.3 is 0 Å². The zero-order valence-electron chi connectivity index (χ0n) is 13.2. The molecule has 0 aliphatic carbocycles. The maximum absolute atomic E-state index is 12.9. The van der Waals surface area contributed by atoms with Gasteiger partial charge in [0.2, 0.25) is 5.91 Å². The van der Waals surface area contributed by atoms with Crippen LogP contribution in [0.25, 0.3) is 10.9 Å². The fraction of sp³-hybridized carbons (Fsp3) is 0.211. The third kappa shape index (κ3) is 3.11. The number of nitrogens with zero attached hydrogens (tertiary/aromatic N) is 1. The van der Waals surface area contributed by atoms with E-state index in [0.29, 0.717) is 5.69 Å². The van der Waals surface area contributed by atoms with E-state index in [9.17, 15) is 9.18 Å². The van der Waals surface area contributed by atoms with Crippen molar-refractivity contribution in [2.45, 2.75) is 26.3 Å². The molecule has 118 valence electrons. The summed E-state index contributed by atoms with van der Waals surface area (Å²) < 4.78 is 14.9. The molecular weight excluding hydrogens is 291 g/mol. The van der Waals surface area contributed by atoms with Gasteiger partial charge in [-0.2, -0.15) is 0 Å². The zero-order chi connectivity index (χ0) is 16.4. The zero-order valence-corrected chi connectivity index (χ0v) is 13.2. The van der Waals surface area contributed by atoms with Gasteiger partial charge in [-0.15, -0.1) is 0 Å². The highest BCUT2D eigenvalue weighted by atomic mass is 19.1. The molecule has 3 nitrogen and oxygen atoms in total. The molecule has 2 aromatic carbocycles. The van der Waals surface area contributed by atoms with Crippen LogP contribution in [0.2, 0.25) is 0 Å². The summed E-state index contributed by atoms with van der Waals surface area (Å²) in [5.74, 6) is -0.451. The van der Waals surface area contributed by atoms with Gasteiger partial charge < -0.3 is 9.88 Å². The van der Waals surface area contributed by atoms with Crippen molar-refractivity contribution in [3.05, 3.63) is 66.1 Å². The summed E-state index contributed by atoms with van der Waals surface area (Å²) in [6.45, 7) is 3.98. The summed E-state index contributed by atoms with van der Waals surface area (Å²) in [4.78, 5) is 12.4. The van der Waals surface area contributed by atoms with Crippen molar-refractivity contribution in [3.63, 3.8) is 0 Å². The van der Waals surface area contributed by atoms with Gasteiger partial charge in [0, 0.05) is 17.4 Å². The number of anilines is 1. The third-order valence-electron chi connectivity index (χ3n) is 4.10. The van der Waals surface area contributed by atoms with Gasteiger partial charge in [0.25, 0.3) is 0 Å². The van der Waals surface area contributed by atoms with Crippen molar-refractivity contribution in [2.75, 3.05) is 5.32 Å². The van der Waals surface area contributed by atoms with E-state index in [0.717, 1.165) is 17.3 Å². The molecule has 0 fully saturated rings. The second-order valence-electron chi connectivity index (χ2n) is 5.64. The van der Waals surface area contributed by atoms with E-state index in [-0.39, 0.29) is 17.8 Å². The van der Waals surface area contributed by atoms with Gasteiger partial charge in [0.1, 0.15) is 11.9 Å². The molecule has 0 bridgehead atoms. The molecule has 0 aliphatic rings. The molecule has 3 rings (SSSR count). The lowest BCUT2D eigenvalue weighted by molar-refractivity contribution is -0.118. The van der Waals surface area contributed by atoms with E-state index in [1.807, 2.05) is 23.8 Å². The van der Waals surface area contributed by atoms with Crippen LogP contribution in [-0.4, -0.2) is 10.5 Å². The van der Waals surface area contributed by atoms with Crippen molar-refractivity contribution in [2.24, 2.45) is 0 Å². The normalized spacial score (nSPS) is 12.3. The van der Waals surface area contributed by atoms with Crippen molar-refractivity contribution in [1.82, 2.24) is 4.57 Å². The van der Waals surface area contributed by atoms with Crippen LogP contribution in [0.15, 0.2) is 54.7 Å². The van der Waals surface area contributed by atoms with E-state index in [4.69, 9.17) is 0 Å². The molecule has 23 heavy (non-hydrogen) atoms. The van der Waals surface area contributed by atoms with E-state index < -0.39 is 0 Å².